The molecule has 0 unspecified atom stereocenters. The number of phenols is 1. The molecule has 0 aliphatic heterocycles. The topological polar surface area (TPSA) is 317 Å². The van der Waals surface area contributed by atoms with Crippen molar-refractivity contribution in [2.24, 2.45) is 11.5 Å². The zero-order valence-electron chi connectivity index (χ0n) is 38.1. The van der Waals surface area contributed by atoms with E-state index < -0.39 is 96.5 Å². The van der Waals surface area contributed by atoms with Gasteiger partial charge in [0.1, 0.15) is 36.0 Å². The molecule has 5 rings (SSSR count). The van der Waals surface area contributed by atoms with E-state index in [0.29, 0.717) is 35.1 Å². The number of aromatic hydroxyl groups is 1. The van der Waals surface area contributed by atoms with Crippen molar-refractivity contribution in [2.75, 3.05) is 6.54 Å². The highest BCUT2D eigenvalue weighted by Crippen LogP contribution is 2.20. The summed E-state index contributed by atoms with van der Waals surface area (Å²) in [5.41, 5.74) is 15.2. The summed E-state index contributed by atoms with van der Waals surface area (Å²) in [6.07, 6.45) is 1.96. The SMILES string of the molecule is CCCC[C@H](NC(=O)[C@@H](Cc1c[nH]c2ccccc12)NC(=O)CNC(=O)[C@@H](Cc1ccccc1)NC(=O)[C@@H](N)Cc1ccc(O)cc1)C(=O)N[C@@H](CC(=O)O)C(=O)N[C@@H](Cc1ccccc1)C(N)=O. The molecule has 0 aliphatic carbocycles. The third-order valence-electron chi connectivity index (χ3n) is 11.3. The van der Waals surface area contributed by atoms with Gasteiger partial charge in [-0.2, -0.15) is 0 Å². The second kappa shape index (κ2) is 25.7. The number of hydrogen-bond acceptors (Lipinski definition) is 10. The fourth-order valence-corrected chi connectivity index (χ4v) is 7.53. The predicted octanol–water partition coefficient (Wildman–Crippen LogP) is 1.16. The van der Waals surface area contributed by atoms with Gasteiger partial charge in [0.25, 0.3) is 0 Å². The minimum Gasteiger partial charge on any atom is -0.508 e. The van der Waals surface area contributed by atoms with Crippen LogP contribution < -0.4 is 43.4 Å². The molecule has 1 aromatic heterocycles. The van der Waals surface area contributed by atoms with Crippen LogP contribution in [0.15, 0.2) is 115 Å². The number of unbranched alkanes of at least 4 members (excludes halogenated alkanes) is 1. The number of hydrogen-bond donors (Lipinski definition) is 11. The van der Waals surface area contributed by atoms with Gasteiger partial charge in [-0.1, -0.05) is 111 Å². The van der Waals surface area contributed by atoms with Gasteiger partial charge in [-0.3, -0.25) is 38.4 Å². The largest absolute Gasteiger partial charge is 0.508 e. The highest BCUT2D eigenvalue weighted by molar-refractivity contribution is 5.98. The van der Waals surface area contributed by atoms with Crippen LogP contribution in [0.3, 0.4) is 0 Å². The summed E-state index contributed by atoms with van der Waals surface area (Å²) >= 11 is 0. The van der Waals surface area contributed by atoms with E-state index in [-0.39, 0.29) is 37.9 Å². The maximum atomic E-state index is 14.3. The van der Waals surface area contributed by atoms with E-state index in [1.807, 2.05) is 25.1 Å². The number of carbonyl (C=O) groups excluding carboxylic acids is 7. The quantitative estimate of drug-likeness (QED) is 0.0374. The lowest BCUT2D eigenvalue weighted by atomic mass is 10.0. The number of carboxylic acid groups (broad SMARTS) is 1. The molecule has 0 spiro atoms. The minimum absolute atomic E-state index is 0.000604. The van der Waals surface area contributed by atoms with Gasteiger partial charge in [0, 0.05) is 36.4 Å². The monoisotopic (exact) mass is 945 g/mol. The summed E-state index contributed by atoms with van der Waals surface area (Å²) in [6, 6.07) is 23.2. The number of aromatic amines is 1. The molecule has 0 bridgehead atoms. The van der Waals surface area contributed by atoms with Crippen LogP contribution in [-0.4, -0.2) is 105 Å². The third kappa shape index (κ3) is 16.3. The van der Waals surface area contributed by atoms with Crippen LogP contribution >= 0.6 is 0 Å². The fraction of sp³-hybridized carbons (Fsp3) is 0.320. The van der Waals surface area contributed by atoms with Crippen LogP contribution in [0.25, 0.3) is 10.9 Å². The first-order valence-electron chi connectivity index (χ1n) is 22.6. The summed E-state index contributed by atoms with van der Waals surface area (Å²) in [5.74, 6) is -7.08. The van der Waals surface area contributed by atoms with Crippen molar-refractivity contribution in [1.29, 1.82) is 0 Å². The molecule has 0 saturated heterocycles. The number of aliphatic carboxylic acids is 1. The molecule has 0 radical (unpaired) electrons. The van der Waals surface area contributed by atoms with Gasteiger partial charge in [-0.15, -0.1) is 0 Å². The van der Waals surface area contributed by atoms with Gasteiger partial charge >= 0.3 is 5.97 Å². The van der Waals surface area contributed by atoms with Crippen LogP contribution in [0.1, 0.15) is 54.9 Å². The van der Waals surface area contributed by atoms with Crippen LogP contribution in [0.2, 0.25) is 0 Å². The second-order valence-electron chi connectivity index (χ2n) is 16.6. The molecule has 13 N–H and O–H groups in total. The molecular weight excluding hydrogens is 887 g/mol. The molecular formula is C50H59N9O10. The van der Waals surface area contributed by atoms with Gasteiger partial charge in [-0.05, 0) is 53.3 Å². The van der Waals surface area contributed by atoms with Crippen LogP contribution in [0.4, 0.5) is 0 Å². The molecule has 19 heteroatoms. The Hall–Kier alpha value is -8.06. The summed E-state index contributed by atoms with van der Waals surface area (Å²) in [6.45, 7) is 1.23. The third-order valence-corrected chi connectivity index (χ3v) is 11.3. The van der Waals surface area contributed by atoms with E-state index in [0.717, 1.165) is 10.9 Å². The Bertz CT molecular complexity index is 2550. The maximum Gasteiger partial charge on any atom is 0.305 e. The number of carboxylic acids is 1. The zero-order chi connectivity index (χ0) is 49.9. The fourth-order valence-electron chi connectivity index (χ4n) is 7.53. The van der Waals surface area contributed by atoms with E-state index in [9.17, 15) is 48.6 Å². The molecule has 1 heterocycles. The molecule has 0 fully saturated rings. The van der Waals surface area contributed by atoms with Crippen molar-refractivity contribution in [2.45, 2.75) is 94.5 Å². The lowest BCUT2D eigenvalue weighted by Gasteiger charge is -2.26. The number of rotatable bonds is 26. The summed E-state index contributed by atoms with van der Waals surface area (Å²) in [5, 5.41) is 35.6. The summed E-state index contributed by atoms with van der Waals surface area (Å²) in [4.78, 5) is 110. The van der Waals surface area contributed by atoms with Crippen molar-refractivity contribution >= 4 is 58.2 Å². The molecule has 5 aromatic rings. The number of para-hydroxylation sites is 1. The number of nitrogens with one attached hydrogen (secondary N) is 7. The second-order valence-corrected chi connectivity index (χ2v) is 16.6. The molecule has 364 valence electrons. The molecule has 19 nitrogen and oxygen atoms in total. The van der Waals surface area contributed by atoms with Crippen molar-refractivity contribution in [1.82, 2.24) is 36.9 Å². The lowest BCUT2D eigenvalue weighted by molar-refractivity contribution is -0.141. The van der Waals surface area contributed by atoms with Crippen molar-refractivity contribution in [3.63, 3.8) is 0 Å². The Kier molecular flexibility index (Phi) is 19.4. The van der Waals surface area contributed by atoms with E-state index in [1.165, 1.54) is 12.1 Å². The van der Waals surface area contributed by atoms with Gasteiger partial charge < -0.3 is 58.6 Å². The minimum atomic E-state index is -1.68. The molecule has 6 atom stereocenters. The number of primary amides is 1. The number of carbonyl (C=O) groups is 8. The first-order chi connectivity index (χ1) is 33.1. The van der Waals surface area contributed by atoms with Gasteiger partial charge in [-0.25, -0.2) is 0 Å². The Morgan fingerprint density at radius 2 is 1.10 bits per heavy atom. The number of H-pyrrole nitrogens is 1. The first-order valence-corrected chi connectivity index (χ1v) is 22.6. The van der Waals surface area contributed by atoms with Crippen molar-refractivity contribution in [3.05, 3.63) is 138 Å². The summed E-state index contributed by atoms with van der Waals surface area (Å²) in [7, 11) is 0. The number of fused-ring (bicyclic) bond motifs is 1. The first kappa shape index (κ1) is 51.9. The Labute approximate surface area is 398 Å². The highest BCUT2D eigenvalue weighted by atomic mass is 16.4. The van der Waals surface area contributed by atoms with Gasteiger partial charge in [0.15, 0.2) is 0 Å². The zero-order valence-corrected chi connectivity index (χ0v) is 38.1. The smallest absolute Gasteiger partial charge is 0.305 e. The Morgan fingerprint density at radius 3 is 1.72 bits per heavy atom. The summed E-state index contributed by atoms with van der Waals surface area (Å²) < 4.78 is 0. The van der Waals surface area contributed by atoms with Crippen molar-refractivity contribution < 1.29 is 48.6 Å². The van der Waals surface area contributed by atoms with E-state index >= 15 is 0 Å². The molecule has 0 saturated carbocycles. The lowest BCUT2D eigenvalue weighted by Crippen LogP contribution is -2.59. The average molecular weight is 946 g/mol. The molecule has 69 heavy (non-hydrogen) atoms. The highest BCUT2D eigenvalue weighted by Gasteiger charge is 2.33. The average Bonchev–Trinajstić information content (AvgIpc) is 3.74. The van der Waals surface area contributed by atoms with Gasteiger partial charge in [0.05, 0.1) is 19.0 Å². The maximum absolute atomic E-state index is 14.3. The van der Waals surface area contributed by atoms with Crippen LogP contribution in [0, 0.1) is 0 Å². The standard InChI is InChI=1S/C50H59N9O10/c1-2-3-17-38(48(67)59-42(27-44(62)63)50(69)57-39(45(52)64)24-30-12-6-4-7-13-30)56-49(68)41(26-33-28-53-37-18-11-10-16-35(33)37)55-43(61)29-54-47(66)40(25-31-14-8-5-9-15-31)58-46(65)36(51)23-32-19-21-34(60)22-20-32/h4-16,18-22,28,36,38-42,53,60H,2-3,17,23-27,29,51H2,1H3,(H2,52,64)(H,54,66)(H,55,61)(H,56,68)(H,57,69)(H,58,65)(H,59,67)(H,62,63)/t36-,38-,39-,40+,41+,42-/m0/s1. The van der Waals surface area contributed by atoms with Gasteiger partial charge in [0.2, 0.25) is 41.4 Å². The molecule has 4 aromatic carbocycles. The number of benzene rings is 4. The number of aromatic nitrogens is 1. The van der Waals surface area contributed by atoms with Crippen molar-refractivity contribution in [3.8, 4) is 5.75 Å². The molecule has 7 amide bonds. The number of nitrogens with two attached hydrogens (primary N) is 2. The van der Waals surface area contributed by atoms with E-state index in [2.05, 4.69) is 36.9 Å². The van der Waals surface area contributed by atoms with E-state index in [4.69, 9.17) is 11.5 Å². The van der Waals surface area contributed by atoms with E-state index in [1.54, 1.807) is 85.1 Å². The normalized spacial score (nSPS) is 13.6. The Balaban J connectivity index is 1.31. The number of phenolic OH excluding ortho intramolecular Hbond substituents is 1. The predicted molar refractivity (Wildman–Crippen MR) is 256 cm³/mol. The Morgan fingerprint density at radius 1 is 0.580 bits per heavy atom. The van der Waals surface area contributed by atoms with Crippen LogP contribution in [-0.2, 0) is 64.0 Å². The number of amides is 7. The van der Waals surface area contributed by atoms with Crippen LogP contribution in [0.5, 0.6) is 5.75 Å². The molecule has 0 aliphatic rings.